The SMILES string of the molecule is C1CC1.COc1cnc2c(Nc3ccc(F)c(C4CS(=O)(=O)C(C)C(N)=N4)c3)ncnc2n1. The molecule has 0 amide bonds. The average Bonchev–Trinajstić information content (AvgIpc) is 3.68. The van der Waals surface area contributed by atoms with E-state index in [2.05, 4.69) is 30.2 Å². The van der Waals surface area contributed by atoms with Gasteiger partial charge >= 0.3 is 0 Å². The van der Waals surface area contributed by atoms with E-state index in [1.807, 2.05) is 0 Å². The van der Waals surface area contributed by atoms with Gasteiger partial charge < -0.3 is 15.8 Å². The van der Waals surface area contributed by atoms with Crippen molar-refractivity contribution in [2.24, 2.45) is 10.7 Å². The van der Waals surface area contributed by atoms with Crippen molar-refractivity contribution in [1.29, 1.82) is 0 Å². The fourth-order valence-corrected chi connectivity index (χ4v) is 4.47. The lowest BCUT2D eigenvalue weighted by Gasteiger charge is -2.24. The maximum Gasteiger partial charge on any atom is 0.234 e. The van der Waals surface area contributed by atoms with Crippen molar-refractivity contribution in [3.63, 3.8) is 0 Å². The molecule has 1 saturated carbocycles. The summed E-state index contributed by atoms with van der Waals surface area (Å²) in [4.78, 5) is 20.9. The van der Waals surface area contributed by atoms with Gasteiger partial charge in [0.25, 0.3) is 0 Å². The van der Waals surface area contributed by atoms with E-state index in [1.165, 1.54) is 64.0 Å². The van der Waals surface area contributed by atoms with Crippen LogP contribution < -0.4 is 15.8 Å². The van der Waals surface area contributed by atoms with Gasteiger partial charge in [0, 0.05) is 11.3 Å². The number of rotatable bonds is 4. The molecule has 12 heteroatoms. The van der Waals surface area contributed by atoms with E-state index in [1.54, 1.807) is 0 Å². The van der Waals surface area contributed by atoms with Gasteiger partial charge in [0.05, 0.1) is 25.1 Å². The van der Waals surface area contributed by atoms with E-state index in [9.17, 15) is 12.8 Å². The summed E-state index contributed by atoms with van der Waals surface area (Å²) in [5.41, 5.74) is 7.06. The van der Waals surface area contributed by atoms with Gasteiger partial charge in [-0.2, -0.15) is 4.98 Å². The van der Waals surface area contributed by atoms with Gasteiger partial charge in [-0.15, -0.1) is 0 Å². The maximum absolute atomic E-state index is 14.5. The van der Waals surface area contributed by atoms with Crippen molar-refractivity contribution in [1.82, 2.24) is 19.9 Å². The number of halogens is 1. The Labute approximate surface area is 190 Å². The van der Waals surface area contributed by atoms with Crippen LogP contribution in [0.25, 0.3) is 11.2 Å². The van der Waals surface area contributed by atoms with Gasteiger partial charge in [-0.3, -0.25) is 4.99 Å². The standard InChI is InChI=1S/C18H18FN7O3S.C3H6/c1-9-16(20)25-13(7-30(9,27)28)11-5-10(3-4-12(11)19)24-17-15-18(23-8-22-17)26-14(29-2)6-21-15;1-2-3-1/h3-6,8-9,13H,7H2,1-2H3,(H2,20,25)(H,22,23,24,26);1-3H2. The molecular weight excluding hydrogens is 449 g/mol. The van der Waals surface area contributed by atoms with E-state index >= 15 is 0 Å². The predicted octanol–water partition coefficient (Wildman–Crippen LogP) is 2.70. The second-order valence-electron chi connectivity index (χ2n) is 7.77. The minimum Gasteiger partial charge on any atom is -0.480 e. The summed E-state index contributed by atoms with van der Waals surface area (Å²) in [5, 5.41) is 2.15. The van der Waals surface area contributed by atoms with Gasteiger partial charge in [-0.1, -0.05) is 19.3 Å². The van der Waals surface area contributed by atoms with Gasteiger partial charge in [0.2, 0.25) is 5.88 Å². The number of nitrogens with one attached hydrogen (secondary N) is 1. The van der Waals surface area contributed by atoms with Crippen LogP contribution in [-0.4, -0.2) is 52.3 Å². The molecule has 1 aliphatic heterocycles. The molecule has 2 aromatic heterocycles. The first-order valence-electron chi connectivity index (χ1n) is 10.4. The van der Waals surface area contributed by atoms with Crippen LogP contribution in [0, 0.1) is 5.82 Å². The fraction of sp³-hybridized carbons (Fsp3) is 0.381. The molecule has 174 valence electrons. The smallest absolute Gasteiger partial charge is 0.234 e. The normalized spacial score (nSPS) is 20.9. The molecule has 33 heavy (non-hydrogen) atoms. The molecule has 2 unspecified atom stereocenters. The van der Waals surface area contributed by atoms with Crippen molar-refractivity contribution >= 4 is 38.3 Å². The van der Waals surface area contributed by atoms with Crippen molar-refractivity contribution in [3.05, 3.63) is 42.1 Å². The summed E-state index contributed by atoms with van der Waals surface area (Å²) in [7, 11) is -2.06. The predicted molar refractivity (Wildman–Crippen MR) is 123 cm³/mol. The van der Waals surface area contributed by atoms with Crippen molar-refractivity contribution in [2.45, 2.75) is 37.5 Å². The zero-order chi connectivity index (χ0) is 23.6. The van der Waals surface area contributed by atoms with Gasteiger partial charge in [0.1, 0.15) is 23.2 Å². The molecule has 1 aliphatic carbocycles. The Morgan fingerprint density at radius 3 is 2.61 bits per heavy atom. The molecule has 0 saturated heterocycles. The Balaban J connectivity index is 0.000000799. The lowest BCUT2D eigenvalue weighted by atomic mass is 10.1. The summed E-state index contributed by atoms with van der Waals surface area (Å²) < 4.78 is 44.2. The van der Waals surface area contributed by atoms with Crippen LogP contribution >= 0.6 is 0 Å². The Bertz CT molecular complexity index is 1310. The zero-order valence-electron chi connectivity index (χ0n) is 18.2. The summed E-state index contributed by atoms with van der Waals surface area (Å²) in [6.45, 7) is 1.47. The number of hydrogen-bond acceptors (Lipinski definition) is 10. The largest absolute Gasteiger partial charge is 0.480 e. The van der Waals surface area contributed by atoms with E-state index in [0.717, 1.165) is 0 Å². The first-order valence-corrected chi connectivity index (χ1v) is 12.1. The van der Waals surface area contributed by atoms with Gasteiger partial charge in [-0.25, -0.2) is 27.8 Å². The number of aliphatic imine (C=N–C) groups is 1. The Morgan fingerprint density at radius 1 is 1.18 bits per heavy atom. The molecule has 5 rings (SSSR count). The third-order valence-corrected chi connectivity index (χ3v) is 7.25. The fourth-order valence-electron chi connectivity index (χ4n) is 3.06. The Hall–Kier alpha value is -3.41. The molecule has 1 fully saturated rings. The third kappa shape index (κ3) is 5.16. The van der Waals surface area contributed by atoms with Crippen LogP contribution in [0.5, 0.6) is 5.88 Å². The first kappa shape index (κ1) is 22.8. The monoisotopic (exact) mass is 473 g/mol. The highest BCUT2D eigenvalue weighted by Crippen LogP contribution is 2.31. The van der Waals surface area contributed by atoms with Gasteiger partial charge in [0.15, 0.2) is 26.8 Å². The Kier molecular flexibility index (Phi) is 6.36. The third-order valence-electron chi connectivity index (χ3n) is 5.15. The summed E-state index contributed by atoms with van der Waals surface area (Å²) in [5.74, 6) is -0.282. The molecule has 10 nitrogen and oxygen atoms in total. The number of fused-ring (bicyclic) bond motifs is 1. The Morgan fingerprint density at radius 2 is 1.94 bits per heavy atom. The van der Waals surface area contributed by atoms with Crippen molar-refractivity contribution < 1.29 is 17.5 Å². The topological polar surface area (TPSA) is 145 Å². The van der Waals surface area contributed by atoms with Crippen LogP contribution in [-0.2, 0) is 9.84 Å². The van der Waals surface area contributed by atoms with Crippen molar-refractivity contribution in [3.8, 4) is 5.88 Å². The molecule has 3 aromatic rings. The lowest BCUT2D eigenvalue weighted by molar-refractivity contribution is 0.397. The zero-order valence-corrected chi connectivity index (χ0v) is 19.0. The number of methoxy groups -OCH3 is 1. The highest BCUT2D eigenvalue weighted by atomic mass is 32.2. The molecule has 3 N–H and O–H groups in total. The molecule has 2 atom stereocenters. The summed E-state index contributed by atoms with van der Waals surface area (Å²) in [6.07, 6.45) is 7.24. The molecule has 1 aromatic carbocycles. The molecule has 2 aliphatic rings. The number of aromatic nitrogens is 4. The van der Waals surface area contributed by atoms with Crippen LogP contribution in [0.3, 0.4) is 0 Å². The van der Waals surface area contributed by atoms with E-state index < -0.39 is 26.9 Å². The highest BCUT2D eigenvalue weighted by Gasteiger charge is 2.34. The second kappa shape index (κ2) is 9.22. The number of nitrogens with two attached hydrogens (primary N) is 1. The van der Waals surface area contributed by atoms with E-state index in [4.69, 9.17) is 10.5 Å². The van der Waals surface area contributed by atoms with Crippen LogP contribution in [0.2, 0.25) is 0 Å². The number of anilines is 2. The molecule has 0 radical (unpaired) electrons. The number of amidine groups is 1. The summed E-state index contributed by atoms with van der Waals surface area (Å²) in [6, 6.07) is 3.27. The first-order chi connectivity index (χ1) is 15.8. The van der Waals surface area contributed by atoms with Crippen LogP contribution in [0.4, 0.5) is 15.9 Å². The molecule has 3 heterocycles. The number of sulfone groups is 1. The maximum atomic E-state index is 14.5. The lowest BCUT2D eigenvalue weighted by Crippen LogP contribution is -2.40. The van der Waals surface area contributed by atoms with Crippen molar-refractivity contribution in [2.75, 3.05) is 18.2 Å². The van der Waals surface area contributed by atoms with E-state index in [-0.39, 0.29) is 17.2 Å². The summed E-state index contributed by atoms with van der Waals surface area (Å²) >= 11 is 0. The van der Waals surface area contributed by atoms with Crippen LogP contribution in [0.1, 0.15) is 37.8 Å². The average molecular weight is 474 g/mol. The van der Waals surface area contributed by atoms with Gasteiger partial charge in [-0.05, 0) is 25.1 Å². The minimum atomic E-state index is -3.53. The van der Waals surface area contributed by atoms with Crippen LogP contribution in [0.15, 0.2) is 35.7 Å². The number of hydrogen-bond donors (Lipinski definition) is 2. The minimum absolute atomic E-state index is 0.0324. The molecule has 0 bridgehead atoms. The molecule has 0 spiro atoms. The second-order valence-corrected chi connectivity index (χ2v) is 10.1. The molecular formula is C21H24FN7O3S. The number of ether oxygens (including phenoxy) is 1. The number of benzene rings is 1. The number of nitrogens with zero attached hydrogens (tertiary/aromatic N) is 5. The van der Waals surface area contributed by atoms with E-state index in [0.29, 0.717) is 28.5 Å². The quantitative estimate of drug-likeness (QED) is 0.584. The highest BCUT2D eigenvalue weighted by molar-refractivity contribution is 7.92.